The third-order valence-corrected chi connectivity index (χ3v) is 4.06. The number of aliphatic hydroxyl groups is 1. The molecule has 0 aliphatic rings. The van der Waals surface area contributed by atoms with Gasteiger partial charge >= 0.3 is 18.1 Å². The maximum absolute atomic E-state index is 12.0. The highest BCUT2D eigenvalue weighted by atomic mass is 19.4. The van der Waals surface area contributed by atoms with Gasteiger partial charge in [-0.2, -0.15) is 26.3 Å². The number of hydrogen-bond acceptors (Lipinski definition) is 9. The Morgan fingerprint density at radius 2 is 1.24 bits per heavy atom. The summed E-state index contributed by atoms with van der Waals surface area (Å²) in [4.78, 5) is 20.7. The smallest absolute Gasteiger partial charge is 0.458 e. The molecule has 1 atom stereocenters. The van der Waals surface area contributed by atoms with Gasteiger partial charge in [0.1, 0.15) is 42.9 Å². The van der Waals surface area contributed by atoms with Gasteiger partial charge < -0.3 is 32.6 Å². The quantitative estimate of drug-likeness (QED) is 0.159. The molecule has 3 aromatic heterocycles. The van der Waals surface area contributed by atoms with Crippen LogP contribution in [0.25, 0.3) is 0 Å². The number of ketones is 1. The number of Topliss-reactive ketones (excluding diaryl/α,β-unsaturated/α-hetero) is 1. The number of rotatable bonds is 9. The summed E-state index contributed by atoms with van der Waals surface area (Å²) < 4.78 is 100.0. The molecule has 0 spiro atoms. The van der Waals surface area contributed by atoms with Crippen molar-refractivity contribution in [3.05, 3.63) is 71.0 Å². The van der Waals surface area contributed by atoms with Crippen molar-refractivity contribution in [3.63, 3.8) is 0 Å². The van der Waals surface area contributed by atoms with Gasteiger partial charge in [0.05, 0.1) is 0 Å². The standard InChI is InChI=1S/C8H9F3O3.C8H7F3O3.C7H8O3.C3H8/c2*1-13-4-5-2-3-6(14-5)7(12)8(9,10)11;1-9-5-7-3-2-6(4-8)10-7;1-3-2/h2-3,7,12H,4H2,1H3;2-3H,4H2,1H3;2-4H,5H2,1H3;3H2,1-2H3. The highest BCUT2D eigenvalue weighted by molar-refractivity contribution is 5.97. The van der Waals surface area contributed by atoms with Gasteiger partial charge in [-0.25, -0.2) is 0 Å². The Morgan fingerprint density at radius 3 is 1.66 bits per heavy atom. The van der Waals surface area contributed by atoms with Gasteiger partial charge in [-0.3, -0.25) is 9.59 Å². The van der Waals surface area contributed by atoms with Crippen LogP contribution in [0.3, 0.4) is 0 Å². The molecule has 15 heteroatoms. The average molecular weight is 603 g/mol. The molecule has 3 heterocycles. The van der Waals surface area contributed by atoms with E-state index in [2.05, 4.69) is 27.7 Å². The first-order valence-electron chi connectivity index (χ1n) is 11.7. The van der Waals surface area contributed by atoms with Crippen LogP contribution in [0.2, 0.25) is 0 Å². The third-order valence-electron chi connectivity index (χ3n) is 4.06. The van der Waals surface area contributed by atoms with Crippen molar-refractivity contribution >= 4 is 12.1 Å². The summed E-state index contributed by atoms with van der Waals surface area (Å²) in [6.45, 7) is 4.77. The monoisotopic (exact) mass is 602 g/mol. The van der Waals surface area contributed by atoms with Crippen LogP contribution in [0.15, 0.2) is 49.6 Å². The first-order valence-corrected chi connectivity index (χ1v) is 11.7. The molecule has 0 saturated heterocycles. The number of aliphatic hydroxyl groups excluding tert-OH is 1. The molecule has 0 fully saturated rings. The number of aldehydes is 1. The van der Waals surface area contributed by atoms with Crippen molar-refractivity contribution in [2.24, 2.45) is 0 Å². The van der Waals surface area contributed by atoms with E-state index in [1.165, 1.54) is 32.8 Å². The molecule has 41 heavy (non-hydrogen) atoms. The van der Waals surface area contributed by atoms with Crippen molar-refractivity contribution < 1.29 is 68.5 Å². The Bertz CT molecular complexity index is 1130. The van der Waals surface area contributed by atoms with E-state index in [4.69, 9.17) is 18.7 Å². The summed E-state index contributed by atoms with van der Waals surface area (Å²) in [5, 5.41) is 8.78. The Hall–Kier alpha value is -3.40. The molecule has 9 nitrogen and oxygen atoms in total. The number of carbonyl (C=O) groups excluding carboxylic acids is 2. The maximum atomic E-state index is 12.0. The molecular formula is C26H32F6O9. The molecule has 0 amide bonds. The fraction of sp³-hybridized carbons (Fsp3) is 0.462. The molecule has 0 aliphatic heterocycles. The van der Waals surface area contributed by atoms with Crippen molar-refractivity contribution in [1.29, 1.82) is 0 Å². The number of hydrogen-bond donors (Lipinski definition) is 1. The van der Waals surface area contributed by atoms with Crippen LogP contribution in [0.1, 0.15) is 70.5 Å². The summed E-state index contributed by atoms with van der Waals surface area (Å²) in [6.07, 6.45) is -10.3. The lowest BCUT2D eigenvalue weighted by atomic mass is 10.3. The van der Waals surface area contributed by atoms with E-state index >= 15 is 0 Å². The molecule has 1 unspecified atom stereocenters. The minimum atomic E-state index is -4.90. The van der Waals surface area contributed by atoms with Gasteiger partial charge in [-0.1, -0.05) is 20.3 Å². The fourth-order valence-corrected chi connectivity index (χ4v) is 2.46. The minimum absolute atomic E-state index is 0.0329. The SMILES string of the molecule is CCC.COCc1ccc(C(=O)C(F)(F)F)o1.COCc1ccc(C(O)C(F)(F)F)o1.COCc1ccc(C=O)o1. The minimum Gasteiger partial charge on any atom is -0.460 e. The van der Waals surface area contributed by atoms with Crippen LogP contribution >= 0.6 is 0 Å². The Labute approximate surface area is 232 Å². The Kier molecular flexibility index (Phi) is 17.3. The van der Waals surface area contributed by atoms with Crippen molar-refractivity contribution in [3.8, 4) is 0 Å². The zero-order valence-corrected chi connectivity index (χ0v) is 22.9. The molecule has 1 N–H and O–H groups in total. The van der Waals surface area contributed by atoms with Crippen LogP contribution in [0, 0.1) is 0 Å². The first kappa shape index (κ1) is 37.6. The predicted octanol–water partition coefficient (Wildman–Crippen LogP) is 6.85. The Balaban J connectivity index is 0.000000565. The zero-order chi connectivity index (χ0) is 31.6. The van der Waals surface area contributed by atoms with Gasteiger partial charge in [0.25, 0.3) is 0 Å². The van der Waals surface area contributed by atoms with Gasteiger partial charge in [-0.15, -0.1) is 0 Å². The lowest BCUT2D eigenvalue weighted by Gasteiger charge is -2.11. The van der Waals surface area contributed by atoms with E-state index in [1.54, 1.807) is 19.2 Å². The Morgan fingerprint density at radius 1 is 0.805 bits per heavy atom. The number of furan rings is 3. The van der Waals surface area contributed by atoms with E-state index in [1.807, 2.05) is 0 Å². The maximum Gasteiger partial charge on any atom is 0.458 e. The lowest BCUT2D eigenvalue weighted by molar-refractivity contribution is -0.211. The van der Waals surface area contributed by atoms with Crippen LogP contribution < -0.4 is 0 Å². The summed E-state index contributed by atoms with van der Waals surface area (Å²) in [5.41, 5.74) is 0. The number of ether oxygens (including phenoxy) is 3. The van der Waals surface area contributed by atoms with E-state index in [0.29, 0.717) is 24.4 Å². The molecule has 0 radical (unpaired) electrons. The average Bonchev–Trinajstić information content (AvgIpc) is 3.65. The topological polar surface area (TPSA) is 121 Å². The van der Waals surface area contributed by atoms with Gasteiger partial charge in [0.2, 0.25) is 6.10 Å². The van der Waals surface area contributed by atoms with Crippen molar-refractivity contribution in [2.75, 3.05) is 21.3 Å². The molecule has 0 saturated carbocycles. The fourth-order valence-electron chi connectivity index (χ4n) is 2.46. The third kappa shape index (κ3) is 14.7. The molecule has 232 valence electrons. The summed E-state index contributed by atoms with van der Waals surface area (Å²) in [5.74, 6) is -1.79. The summed E-state index contributed by atoms with van der Waals surface area (Å²) >= 11 is 0. The van der Waals surface area contributed by atoms with Gasteiger partial charge in [0, 0.05) is 21.3 Å². The normalized spacial score (nSPS) is 11.7. The zero-order valence-electron chi connectivity index (χ0n) is 22.9. The van der Waals surface area contributed by atoms with Crippen LogP contribution in [0.5, 0.6) is 0 Å². The van der Waals surface area contributed by atoms with E-state index in [-0.39, 0.29) is 24.7 Å². The molecule has 3 aromatic rings. The molecular weight excluding hydrogens is 570 g/mol. The largest absolute Gasteiger partial charge is 0.460 e. The second-order valence-electron chi connectivity index (χ2n) is 7.77. The van der Waals surface area contributed by atoms with E-state index < -0.39 is 35.8 Å². The second kappa shape index (κ2) is 18.9. The highest BCUT2D eigenvalue weighted by Crippen LogP contribution is 2.33. The van der Waals surface area contributed by atoms with Crippen molar-refractivity contribution in [2.45, 2.75) is 58.5 Å². The van der Waals surface area contributed by atoms with Gasteiger partial charge in [0.15, 0.2) is 17.8 Å². The molecule has 0 bridgehead atoms. The van der Waals surface area contributed by atoms with Crippen LogP contribution in [-0.2, 0) is 34.0 Å². The van der Waals surface area contributed by atoms with Crippen LogP contribution in [-0.4, -0.2) is 50.9 Å². The van der Waals surface area contributed by atoms with Gasteiger partial charge in [-0.05, 0) is 36.4 Å². The van der Waals surface area contributed by atoms with Crippen LogP contribution in [0.4, 0.5) is 26.3 Å². The number of carbonyl (C=O) groups is 2. The van der Waals surface area contributed by atoms with Crippen molar-refractivity contribution in [1.82, 2.24) is 0 Å². The molecule has 0 aliphatic carbocycles. The lowest BCUT2D eigenvalue weighted by Crippen LogP contribution is -2.22. The molecule has 3 rings (SSSR count). The second-order valence-corrected chi connectivity index (χ2v) is 7.77. The molecule has 0 aromatic carbocycles. The predicted molar refractivity (Wildman–Crippen MR) is 131 cm³/mol. The summed E-state index contributed by atoms with van der Waals surface area (Å²) in [7, 11) is 4.33. The van der Waals surface area contributed by atoms with E-state index in [0.717, 1.165) is 12.1 Å². The number of methoxy groups -OCH3 is 3. The first-order chi connectivity index (χ1) is 19.2. The number of alkyl halides is 6. The highest BCUT2D eigenvalue weighted by Gasteiger charge is 2.42. The number of halogens is 6. The van der Waals surface area contributed by atoms with E-state index in [9.17, 15) is 35.9 Å². The summed E-state index contributed by atoms with van der Waals surface area (Å²) in [6, 6.07) is 7.97.